The zero-order chi connectivity index (χ0) is 18.6. The molecule has 3 rings (SSSR count). The number of aromatic amines is 1. The zero-order valence-corrected chi connectivity index (χ0v) is 15.6. The van der Waals surface area contributed by atoms with Crippen LogP contribution in [0.5, 0.6) is 0 Å². The molecule has 2 aromatic rings. The first kappa shape index (κ1) is 18.7. The van der Waals surface area contributed by atoms with E-state index in [-0.39, 0.29) is 17.6 Å². The lowest BCUT2D eigenvalue weighted by Gasteiger charge is -2.22. The van der Waals surface area contributed by atoms with Gasteiger partial charge >= 0.3 is 6.03 Å². The number of H-pyrrole nitrogens is 1. The highest BCUT2D eigenvalue weighted by atomic mass is 35.5. The van der Waals surface area contributed by atoms with Gasteiger partial charge in [-0.2, -0.15) is 4.31 Å². The molecule has 2 amide bonds. The second kappa shape index (κ2) is 8.07. The normalized spacial score (nSPS) is 16.3. The van der Waals surface area contributed by atoms with Crippen molar-refractivity contribution in [3.05, 3.63) is 47.4 Å². The van der Waals surface area contributed by atoms with Crippen LogP contribution in [0, 0.1) is 0 Å². The minimum absolute atomic E-state index is 0.0677. The molecular formula is C16H20ClN5O3S. The molecule has 0 unspecified atom stereocenters. The third kappa shape index (κ3) is 4.35. The molecular weight excluding hydrogens is 378 g/mol. The fourth-order valence-electron chi connectivity index (χ4n) is 2.75. The van der Waals surface area contributed by atoms with Crippen LogP contribution in [0.25, 0.3) is 0 Å². The Morgan fingerprint density at radius 3 is 2.65 bits per heavy atom. The molecule has 1 aliphatic heterocycles. The molecule has 1 aliphatic rings. The van der Waals surface area contributed by atoms with Crippen LogP contribution in [0.1, 0.15) is 12.0 Å². The van der Waals surface area contributed by atoms with Crippen molar-refractivity contribution < 1.29 is 13.2 Å². The number of aromatic nitrogens is 2. The van der Waals surface area contributed by atoms with Crippen LogP contribution in [0.2, 0.25) is 5.02 Å². The van der Waals surface area contributed by atoms with E-state index < -0.39 is 10.0 Å². The quantitative estimate of drug-likeness (QED) is 0.819. The molecule has 140 valence electrons. The lowest BCUT2D eigenvalue weighted by Crippen LogP contribution is -2.42. The van der Waals surface area contributed by atoms with Crippen LogP contribution in [-0.4, -0.2) is 59.8 Å². The first-order valence-corrected chi connectivity index (χ1v) is 10.0. The van der Waals surface area contributed by atoms with E-state index >= 15 is 0 Å². The van der Waals surface area contributed by atoms with Crippen molar-refractivity contribution in [3.63, 3.8) is 0 Å². The number of carbonyl (C=O) groups excluding carboxylic acids is 1. The molecule has 1 saturated heterocycles. The van der Waals surface area contributed by atoms with E-state index in [4.69, 9.17) is 11.6 Å². The summed E-state index contributed by atoms with van der Waals surface area (Å²) >= 11 is 5.85. The zero-order valence-electron chi connectivity index (χ0n) is 14.1. The van der Waals surface area contributed by atoms with Gasteiger partial charge in [0.2, 0.25) is 0 Å². The Labute approximate surface area is 157 Å². The van der Waals surface area contributed by atoms with Gasteiger partial charge in [-0.05, 0) is 24.1 Å². The molecule has 2 N–H and O–H groups in total. The van der Waals surface area contributed by atoms with Gasteiger partial charge in [0.15, 0.2) is 5.03 Å². The molecule has 8 nitrogen and oxygen atoms in total. The molecule has 0 spiro atoms. The maximum atomic E-state index is 12.5. The largest absolute Gasteiger partial charge is 0.335 e. The first-order chi connectivity index (χ1) is 12.5. The predicted octanol–water partition coefficient (Wildman–Crippen LogP) is 1.67. The second-order valence-corrected chi connectivity index (χ2v) is 8.29. The summed E-state index contributed by atoms with van der Waals surface area (Å²) in [5, 5.41) is 3.57. The lowest BCUT2D eigenvalue weighted by atomic mass is 10.2. The summed E-state index contributed by atoms with van der Waals surface area (Å²) in [6.45, 7) is 1.84. The van der Waals surface area contributed by atoms with Gasteiger partial charge in [-0.1, -0.05) is 23.7 Å². The standard InChI is InChI=1S/C16H20ClN5O3S/c17-14-4-2-13(3-5-14)10-19-16(23)21-6-1-7-22(9-8-21)26(24,25)15-11-18-12-20-15/h2-5,11-12H,1,6-10H2,(H,18,20)(H,19,23). The van der Waals surface area contributed by atoms with Gasteiger partial charge in [-0.15, -0.1) is 0 Å². The fourth-order valence-corrected chi connectivity index (χ4v) is 4.24. The molecule has 2 heterocycles. The van der Waals surface area contributed by atoms with Gasteiger partial charge in [-0.25, -0.2) is 18.2 Å². The molecule has 1 aromatic heterocycles. The van der Waals surface area contributed by atoms with Crippen LogP contribution in [0.4, 0.5) is 4.79 Å². The van der Waals surface area contributed by atoms with Gasteiger partial charge < -0.3 is 15.2 Å². The summed E-state index contributed by atoms with van der Waals surface area (Å²) in [5.41, 5.74) is 0.945. The molecule has 10 heteroatoms. The van der Waals surface area contributed by atoms with Crippen molar-refractivity contribution in [2.24, 2.45) is 0 Å². The van der Waals surface area contributed by atoms with Crippen LogP contribution >= 0.6 is 11.6 Å². The summed E-state index contributed by atoms with van der Waals surface area (Å²) in [6.07, 6.45) is 3.19. The summed E-state index contributed by atoms with van der Waals surface area (Å²) in [5.74, 6) is 0. The number of hydrogen-bond acceptors (Lipinski definition) is 4. The highest BCUT2D eigenvalue weighted by Gasteiger charge is 2.29. The molecule has 1 aromatic carbocycles. The lowest BCUT2D eigenvalue weighted by molar-refractivity contribution is 0.200. The van der Waals surface area contributed by atoms with Crippen LogP contribution in [0.3, 0.4) is 0 Å². The maximum Gasteiger partial charge on any atom is 0.317 e. The van der Waals surface area contributed by atoms with Crippen molar-refractivity contribution in [1.29, 1.82) is 0 Å². The Kier molecular flexibility index (Phi) is 5.80. The van der Waals surface area contributed by atoms with Gasteiger partial charge in [0.1, 0.15) is 0 Å². The smallest absolute Gasteiger partial charge is 0.317 e. The van der Waals surface area contributed by atoms with E-state index in [1.807, 2.05) is 12.1 Å². The minimum atomic E-state index is -3.61. The van der Waals surface area contributed by atoms with E-state index in [1.165, 1.54) is 16.8 Å². The molecule has 0 saturated carbocycles. The number of sulfonamides is 1. The summed E-state index contributed by atoms with van der Waals surface area (Å²) in [7, 11) is -3.61. The number of rotatable bonds is 4. The number of carbonyl (C=O) groups is 1. The average Bonchev–Trinajstić information content (AvgIpc) is 3.06. The number of nitrogens with one attached hydrogen (secondary N) is 2. The van der Waals surface area contributed by atoms with Crippen molar-refractivity contribution in [2.45, 2.75) is 18.0 Å². The van der Waals surface area contributed by atoms with E-state index in [0.717, 1.165) is 5.56 Å². The van der Waals surface area contributed by atoms with Gasteiger partial charge in [0.05, 0.1) is 12.5 Å². The van der Waals surface area contributed by atoms with Gasteiger partial charge in [0, 0.05) is 37.7 Å². The fraction of sp³-hybridized carbons (Fsp3) is 0.375. The third-order valence-corrected chi connectivity index (χ3v) is 6.27. The van der Waals surface area contributed by atoms with E-state index in [1.54, 1.807) is 17.0 Å². The Morgan fingerprint density at radius 1 is 1.19 bits per heavy atom. The van der Waals surface area contributed by atoms with Crippen LogP contribution < -0.4 is 5.32 Å². The summed E-state index contributed by atoms with van der Waals surface area (Å²) < 4.78 is 26.5. The minimum Gasteiger partial charge on any atom is -0.335 e. The highest BCUT2D eigenvalue weighted by Crippen LogP contribution is 2.15. The SMILES string of the molecule is O=C(NCc1ccc(Cl)cc1)N1CCCN(S(=O)(=O)c2cnc[nH]2)CC1. The number of imidazole rings is 1. The molecule has 1 fully saturated rings. The van der Waals surface area contributed by atoms with Crippen LogP contribution in [-0.2, 0) is 16.6 Å². The number of benzene rings is 1. The Balaban J connectivity index is 1.56. The van der Waals surface area contributed by atoms with Crippen molar-refractivity contribution in [3.8, 4) is 0 Å². The third-order valence-electron chi connectivity index (χ3n) is 4.19. The highest BCUT2D eigenvalue weighted by molar-refractivity contribution is 7.89. The average molecular weight is 398 g/mol. The van der Waals surface area contributed by atoms with E-state index in [0.29, 0.717) is 37.6 Å². The number of hydrogen-bond donors (Lipinski definition) is 2. The van der Waals surface area contributed by atoms with E-state index in [2.05, 4.69) is 15.3 Å². The molecule has 0 radical (unpaired) electrons. The first-order valence-electron chi connectivity index (χ1n) is 8.22. The second-order valence-electron chi connectivity index (χ2n) is 5.95. The Hall–Kier alpha value is -2.10. The number of urea groups is 1. The Bertz CT molecular complexity index is 839. The van der Waals surface area contributed by atoms with Crippen molar-refractivity contribution >= 4 is 27.7 Å². The number of amides is 2. The van der Waals surface area contributed by atoms with Gasteiger partial charge in [-0.3, -0.25) is 0 Å². The molecule has 0 bridgehead atoms. The van der Waals surface area contributed by atoms with E-state index in [9.17, 15) is 13.2 Å². The Morgan fingerprint density at radius 2 is 1.96 bits per heavy atom. The summed E-state index contributed by atoms with van der Waals surface area (Å²) in [4.78, 5) is 20.4. The summed E-state index contributed by atoms with van der Waals surface area (Å²) in [6, 6.07) is 7.04. The topological polar surface area (TPSA) is 98.4 Å². The maximum absolute atomic E-state index is 12.5. The molecule has 0 atom stereocenters. The molecule has 0 aliphatic carbocycles. The number of nitrogens with zero attached hydrogens (tertiary/aromatic N) is 3. The van der Waals surface area contributed by atoms with Crippen molar-refractivity contribution in [2.75, 3.05) is 26.2 Å². The predicted molar refractivity (Wildman–Crippen MR) is 97.2 cm³/mol. The van der Waals surface area contributed by atoms with Gasteiger partial charge in [0.25, 0.3) is 10.0 Å². The monoisotopic (exact) mass is 397 g/mol. The number of halogens is 1. The van der Waals surface area contributed by atoms with Crippen molar-refractivity contribution in [1.82, 2.24) is 24.5 Å². The van der Waals surface area contributed by atoms with Crippen LogP contribution in [0.15, 0.2) is 41.8 Å². The molecule has 26 heavy (non-hydrogen) atoms.